The van der Waals surface area contributed by atoms with Crippen LogP contribution in [0.4, 0.5) is 0 Å². The van der Waals surface area contributed by atoms with Gasteiger partial charge in [-0.2, -0.15) is 0 Å². The Balaban J connectivity index is 1.78. The number of hydrogen-bond donors (Lipinski definition) is 3. The van der Waals surface area contributed by atoms with Crippen LogP contribution in [0.15, 0.2) is 39.7 Å². The first-order valence-corrected chi connectivity index (χ1v) is 9.43. The molecule has 3 N–H and O–H groups in total. The summed E-state index contributed by atoms with van der Waals surface area (Å²) in [6, 6.07) is 4.68. The highest BCUT2D eigenvalue weighted by Crippen LogP contribution is 2.49. The molecular formula is C22H20O7. The van der Waals surface area contributed by atoms with Gasteiger partial charge < -0.3 is 29.2 Å². The van der Waals surface area contributed by atoms with E-state index in [0.717, 1.165) is 0 Å². The number of aliphatic hydroxyl groups is 1. The summed E-state index contributed by atoms with van der Waals surface area (Å²) in [5.41, 5.74) is 0.150. The zero-order valence-electron chi connectivity index (χ0n) is 15.9. The molecule has 3 aromatic rings. The second-order valence-corrected chi connectivity index (χ2v) is 8.18. The van der Waals surface area contributed by atoms with E-state index < -0.39 is 17.3 Å². The van der Waals surface area contributed by atoms with E-state index in [1.807, 2.05) is 0 Å². The number of phenolic OH excluding ortho intramolecular Hbond substituents is 2. The van der Waals surface area contributed by atoms with E-state index in [1.165, 1.54) is 12.3 Å². The molecule has 2 aromatic carbocycles. The fourth-order valence-electron chi connectivity index (χ4n) is 4.02. The summed E-state index contributed by atoms with van der Waals surface area (Å²) < 4.78 is 17.1. The molecule has 0 bridgehead atoms. The molecule has 0 saturated carbocycles. The molecule has 150 valence electrons. The van der Waals surface area contributed by atoms with Crippen molar-refractivity contribution in [3.8, 4) is 17.2 Å². The van der Waals surface area contributed by atoms with Crippen molar-refractivity contribution in [2.24, 2.45) is 0 Å². The van der Waals surface area contributed by atoms with Gasteiger partial charge in [-0.1, -0.05) is 6.07 Å². The van der Waals surface area contributed by atoms with Crippen LogP contribution < -0.4 is 10.2 Å². The van der Waals surface area contributed by atoms with Crippen molar-refractivity contribution in [2.45, 2.75) is 44.5 Å². The third-order valence-corrected chi connectivity index (χ3v) is 5.52. The Morgan fingerprint density at radius 3 is 2.72 bits per heavy atom. The van der Waals surface area contributed by atoms with Crippen LogP contribution in [0, 0.1) is 0 Å². The number of hydrogen-bond acceptors (Lipinski definition) is 7. The zero-order valence-corrected chi connectivity index (χ0v) is 15.9. The van der Waals surface area contributed by atoms with Gasteiger partial charge in [-0.15, -0.1) is 0 Å². The van der Waals surface area contributed by atoms with Crippen molar-refractivity contribution in [2.75, 3.05) is 0 Å². The highest BCUT2D eigenvalue weighted by molar-refractivity contribution is 5.98. The molecule has 2 aliphatic heterocycles. The Kier molecular flexibility index (Phi) is 3.64. The molecule has 0 aliphatic carbocycles. The lowest BCUT2D eigenvalue weighted by Crippen LogP contribution is -2.19. The van der Waals surface area contributed by atoms with Crippen LogP contribution in [-0.2, 0) is 11.2 Å². The minimum absolute atomic E-state index is 0.00395. The summed E-state index contributed by atoms with van der Waals surface area (Å²) in [5, 5.41) is 31.3. The van der Waals surface area contributed by atoms with Gasteiger partial charge in [0.15, 0.2) is 0 Å². The fraction of sp³-hybridized carbons (Fsp3) is 0.318. The van der Waals surface area contributed by atoms with Gasteiger partial charge in [0.05, 0.1) is 23.3 Å². The van der Waals surface area contributed by atoms with Gasteiger partial charge in [0, 0.05) is 6.07 Å². The first-order chi connectivity index (χ1) is 13.7. The standard InChI is InChI=1S/C22H20O7/c1-22(2,26)7-5-10-3-4-12(23)16-19(25)17-14(28-20(10)16)9-13-15(18(17)24)11-6-8-27-21(11)29-13/h3-4,6,8-9,11,21,23-24,26H,5,7H2,1-2H3. The van der Waals surface area contributed by atoms with Gasteiger partial charge in [-0.25, -0.2) is 0 Å². The van der Waals surface area contributed by atoms with E-state index in [4.69, 9.17) is 13.9 Å². The number of fused-ring (bicyclic) bond motifs is 5. The monoisotopic (exact) mass is 396 g/mol. The molecule has 2 aliphatic rings. The number of rotatable bonds is 3. The van der Waals surface area contributed by atoms with Crippen LogP contribution in [0.3, 0.4) is 0 Å². The molecule has 1 aromatic heterocycles. The van der Waals surface area contributed by atoms with Gasteiger partial charge in [-0.3, -0.25) is 4.79 Å². The number of ether oxygens (including phenoxy) is 2. The molecule has 7 heteroatoms. The summed E-state index contributed by atoms with van der Waals surface area (Å²) in [6.45, 7) is 3.40. The van der Waals surface area contributed by atoms with Gasteiger partial charge in [0.25, 0.3) is 6.29 Å². The smallest absolute Gasteiger partial charge is 0.250 e. The average Bonchev–Trinajstić information content (AvgIpc) is 3.20. The molecular weight excluding hydrogens is 376 g/mol. The minimum Gasteiger partial charge on any atom is -0.507 e. The third kappa shape index (κ3) is 2.65. The summed E-state index contributed by atoms with van der Waals surface area (Å²) in [7, 11) is 0. The lowest BCUT2D eigenvalue weighted by atomic mass is 9.95. The molecule has 29 heavy (non-hydrogen) atoms. The molecule has 0 fully saturated rings. The molecule has 5 rings (SSSR count). The SMILES string of the molecule is CC(C)(O)CCc1ccc(O)c2c(=O)c3c(O)c4c(cc3oc12)OC1OC=CC41. The van der Waals surface area contributed by atoms with Gasteiger partial charge in [0.2, 0.25) is 5.43 Å². The van der Waals surface area contributed by atoms with Crippen LogP contribution in [-0.4, -0.2) is 27.2 Å². The lowest BCUT2D eigenvalue weighted by Gasteiger charge is -2.17. The molecule has 0 radical (unpaired) electrons. The zero-order chi connectivity index (χ0) is 20.5. The van der Waals surface area contributed by atoms with E-state index in [2.05, 4.69) is 0 Å². The fourth-order valence-corrected chi connectivity index (χ4v) is 4.02. The summed E-state index contributed by atoms with van der Waals surface area (Å²) >= 11 is 0. The highest BCUT2D eigenvalue weighted by Gasteiger charge is 2.40. The number of aromatic hydroxyl groups is 2. The Morgan fingerprint density at radius 1 is 1.17 bits per heavy atom. The van der Waals surface area contributed by atoms with Crippen LogP contribution >= 0.6 is 0 Å². The molecule has 7 nitrogen and oxygen atoms in total. The van der Waals surface area contributed by atoms with Crippen molar-refractivity contribution in [1.29, 1.82) is 0 Å². The summed E-state index contributed by atoms with van der Waals surface area (Å²) in [6.07, 6.45) is 3.58. The van der Waals surface area contributed by atoms with Gasteiger partial charge in [0.1, 0.15) is 39.2 Å². The van der Waals surface area contributed by atoms with Crippen LogP contribution in [0.1, 0.15) is 37.3 Å². The maximum absolute atomic E-state index is 13.3. The maximum Gasteiger partial charge on any atom is 0.250 e. The normalized spacial score (nSPS) is 20.0. The van der Waals surface area contributed by atoms with Crippen molar-refractivity contribution in [1.82, 2.24) is 0 Å². The molecule has 2 unspecified atom stereocenters. The summed E-state index contributed by atoms with van der Waals surface area (Å²) in [4.78, 5) is 13.3. The molecule has 0 spiro atoms. The van der Waals surface area contributed by atoms with Crippen molar-refractivity contribution >= 4 is 21.9 Å². The first-order valence-electron chi connectivity index (χ1n) is 9.43. The molecule has 0 amide bonds. The molecule has 3 heterocycles. The lowest BCUT2D eigenvalue weighted by molar-refractivity contribution is -0.00482. The van der Waals surface area contributed by atoms with E-state index in [-0.39, 0.29) is 39.4 Å². The van der Waals surface area contributed by atoms with Gasteiger partial charge in [-0.05, 0) is 44.4 Å². The Hall–Kier alpha value is -3.19. The Bertz CT molecular complexity index is 1250. The van der Waals surface area contributed by atoms with E-state index in [9.17, 15) is 20.1 Å². The van der Waals surface area contributed by atoms with Crippen LogP contribution in [0.25, 0.3) is 21.9 Å². The number of phenols is 2. The van der Waals surface area contributed by atoms with E-state index in [1.54, 1.807) is 32.1 Å². The first kappa shape index (κ1) is 17.9. The van der Waals surface area contributed by atoms with Gasteiger partial charge >= 0.3 is 0 Å². The summed E-state index contributed by atoms with van der Waals surface area (Å²) in [5.74, 6) is -0.357. The van der Waals surface area contributed by atoms with Crippen molar-refractivity contribution in [3.05, 3.63) is 51.9 Å². The molecule has 2 atom stereocenters. The third-order valence-electron chi connectivity index (χ3n) is 5.52. The van der Waals surface area contributed by atoms with Crippen molar-refractivity contribution < 1.29 is 29.2 Å². The van der Waals surface area contributed by atoms with Crippen molar-refractivity contribution in [3.63, 3.8) is 0 Å². The molecule has 0 saturated heterocycles. The van der Waals surface area contributed by atoms with Crippen LogP contribution in [0.2, 0.25) is 0 Å². The largest absolute Gasteiger partial charge is 0.507 e. The van der Waals surface area contributed by atoms with Crippen LogP contribution in [0.5, 0.6) is 17.2 Å². The predicted octanol–water partition coefficient (Wildman–Crippen LogP) is 3.41. The average molecular weight is 396 g/mol. The highest BCUT2D eigenvalue weighted by atomic mass is 16.7. The number of aryl methyl sites for hydroxylation is 1. The predicted molar refractivity (Wildman–Crippen MR) is 105 cm³/mol. The quantitative estimate of drug-likeness (QED) is 0.582. The minimum atomic E-state index is -0.889. The Morgan fingerprint density at radius 2 is 1.97 bits per heavy atom. The second kappa shape index (κ2) is 5.90. The topological polar surface area (TPSA) is 109 Å². The second-order valence-electron chi connectivity index (χ2n) is 8.18. The Labute approximate surface area is 165 Å². The van der Waals surface area contributed by atoms with E-state index in [0.29, 0.717) is 29.7 Å². The van der Waals surface area contributed by atoms with E-state index >= 15 is 0 Å². The number of benzene rings is 2. The maximum atomic E-state index is 13.3.